The summed E-state index contributed by atoms with van der Waals surface area (Å²) in [6.07, 6.45) is 1.16. The Bertz CT molecular complexity index is 37.4. The summed E-state index contributed by atoms with van der Waals surface area (Å²) in [4.78, 5) is 0. The van der Waals surface area contributed by atoms with Crippen molar-refractivity contribution in [2.45, 2.75) is 19.4 Å². The van der Waals surface area contributed by atoms with E-state index in [0.717, 1.165) is 19.6 Å². The van der Waals surface area contributed by atoms with Crippen molar-refractivity contribution < 1.29 is 4.74 Å². The standard InChI is InChI=1S/C5H15NOSi/c1-2-7-4-3-5-8-6/h2-6,8H2,1H3. The Morgan fingerprint density at radius 2 is 2.38 bits per heavy atom. The molecule has 0 saturated heterocycles. The van der Waals surface area contributed by atoms with Crippen LogP contribution in [0.1, 0.15) is 13.3 Å². The molecule has 0 amide bonds. The summed E-state index contributed by atoms with van der Waals surface area (Å²) in [5.41, 5.74) is 0. The summed E-state index contributed by atoms with van der Waals surface area (Å²) in [6.45, 7) is 3.76. The molecular weight excluding hydrogens is 118 g/mol. The monoisotopic (exact) mass is 133 g/mol. The van der Waals surface area contributed by atoms with Gasteiger partial charge in [0.1, 0.15) is 0 Å². The molecule has 0 aliphatic rings. The highest BCUT2D eigenvalue weighted by Gasteiger charge is 1.83. The first-order valence-electron chi connectivity index (χ1n) is 3.19. The van der Waals surface area contributed by atoms with E-state index >= 15 is 0 Å². The zero-order chi connectivity index (χ0) is 6.24. The van der Waals surface area contributed by atoms with Crippen LogP contribution in [-0.2, 0) is 4.74 Å². The van der Waals surface area contributed by atoms with Crippen molar-refractivity contribution in [3.8, 4) is 0 Å². The molecule has 8 heavy (non-hydrogen) atoms. The molecule has 0 rings (SSSR count). The first kappa shape index (κ1) is 8.14. The Balaban J connectivity index is 2.53. The van der Waals surface area contributed by atoms with Crippen molar-refractivity contribution in [1.82, 2.24) is 0 Å². The van der Waals surface area contributed by atoms with Crippen molar-refractivity contribution in [3.05, 3.63) is 0 Å². The quantitative estimate of drug-likeness (QED) is 0.419. The number of rotatable bonds is 5. The van der Waals surface area contributed by atoms with Gasteiger partial charge in [-0.3, -0.25) is 0 Å². The van der Waals surface area contributed by atoms with Crippen LogP contribution in [-0.4, -0.2) is 22.9 Å². The fourth-order valence-electron chi connectivity index (χ4n) is 0.493. The second-order valence-corrected chi connectivity index (χ2v) is 2.98. The van der Waals surface area contributed by atoms with Gasteiger partial charge in [0, 0.05) is 13.2 Å². The maximum Gasteiger partial charge on any atom is 0.0888 e. The summed E-state index contributed by atoms with van der Waals surface area (Å²) in [5, 5.41) is 5.39. The van der Waals surface area contributed by atoms with Gasteiger partial charge in [-0.1, -0.05) is 0 Å². The fraction of sp³-hybridized carbons (Fsp3) is 1.00. The predicted octanol–water partition coefficient (Wildman–Crippen LogP) is -0.126. The number of nitrogens with two attached hydrogens (primary N) is 1. The van der Waals surface area contributed by atoms with Crippen molar-refractivity contribution in [2.75, 3.05) is 13.2 Å². The molecule has 0 saturated carbocycles. The molecule has 2 nitrogen and oxygen atoms in total. The number of ether oxygens (including phenoxy) is 1. The Kier molecular flexibility index (Phi) is 7.26. The molecule has 0 aromatic carbocycles. The molecule has 50 valence electrons. The van der Waals surface area contributed by atoms with E-state index in [9.17, 15) is 0 Å². The molecule has 0 bridgehead atoms. The third kappa shape index (κ3) is 6.14. The van der Waals surface area contributed by atoms with Crippen LogP contribution in [0.2, 0.25) is 6.04 Å². The summed E-state index contributed by atoms with van der Waals surface area (Å²) >= 11 is 0. The van der Waals surface area contributed by atoms with Gasteiger partial charge in [-0.25, -0.2) is 0 Å². The van der Waals surface area contributed by atoms with Gasteiger partial charge in [-0.2, -0.15) is 0 Å². The van der Waals surface area contributed by atoms with Crippen LogP contribution >= 0.6 is 0 Å². The molecule has 0 aromatic heterocycles. The fourth-order valence-corrected chi connectivity index (χ4v) is 0.986. The minimum atomic E-state index is -0.194. The van der Waals surface area contributed by atoms with Gasteiger partial charge in [0.05, 0.1) is 9.68 Å². The number of hydrogen-bond acceptors (Lipinski definition) is 2. The molecule has 0 unspecified atom stereocenters. The Hall–Kier alpha value is 0.137. The summed E-state index contributed by atoms with van der Waals surface area (Å²) in [7, 11) is -0.194. The normalized spacial score (nSPS) is 11.2. The van der Waals surface area contributed by atoms with Crippen molar-refractivity contribution in [3.63, 3.8) is 0 Å². The first-order valence-corrected chi connectivity index (χ1v) is 5.01. The molecular formula is C5H15NOSi. The van der Waals surface area contributed by atoms with Gasteiger partial charge in [-0.15, -0.1) is 0 Å². The van der Waals surface area contributed by atoms with Crippen LogP contribution in [0.3, 0.4) is 0 Å². The van der Waals surface area contributed by atoms with E-state index < -0.39 is 0 Å². The van der Waals surface area contributed by atoms with E-state index in [2.05, 4.69) is 0 Å². The maximum absolute atomic E-state index is 5.39. The average molecular weight is 133 g/mol. The smallest absolute Gasteiger partial charge is 0.0888 e. The predicted molar refractivity (Wildman–Crippen MR) is 38.6 cm³/mol. The first-order chi connectivity index (χ1) is 3.91. The van der Waals surface area contributed by atoms with E-state index in [1.807, 2.05) is 6.92 Å². The van der Waals surface area contributed by atoms with Gasteiger partial charge in [0.25, 0.3) is 0 Å². The van der Waals surface area contributed by atoms with Crippen LogP contribution in [0, 0.1) is 0 Å². The van der Waals surface area contributed by atoms with Crippen LogP contribution in [0.5, 0.6) is 0 Å². The lowest BCUT2D eigenvalue weighted by Crippen LogP contribution is -2.04. The summed E-state index contributed by atoms with van der Waals surface area (Å²) in [6, 6.07) is 1.22. The van der Waals surface area contributed by atoms with Gasteiger partial charge in [0.15, 0.2) is 0 Å². The lowest BCUT2D eigenvalue weighted by Gasteiger charge is -1.96. The summed E-state index contributed by atoms with van der Waals surface area (Å²) < 4.78 is 5.10. The average Bonchev–Trinajstić information content (AvgIpc) is 1.81. The molecule has 0 fully saturated rings. The van der Waals surface area contributed by atoms with E-state index in [1.165, 1.54) is 6.04 Å². The number of hydrogen-bond donors (Lipinski definition) is 1. The zero-order valence-corrected chi connectivity index (χ0v) is 6.94. The third-order valence-corrected chi connectivity index (χ3v) is 1.86. The molecule has 0 aliphatic carbocycles. The van der Waals surface area contributed by atoms with E-state index in [0.29, 0.717) is 0 Å². The molecule has 2 N–H and O–H groups in total. The van der Waals surface area contributed by atoms with Gasteiger partial charge >= 0.3 is 0 Å². The molecule has 0 radical (unpaired) electrons. The minimum absolute atomic E-state index is 0.194. The second kappa shape index (κ2) is 7.14. The topological polar surface area (TPSA) is 35.2 Å². The Morgan fingerprint density at radius 1 is 1.62 bits per heavy atom. The van der Waals surface area contributed by atoms with Crippen LogP contribution < -0.4 is 5.40 Å². The SMILES string of the molecule is CCOCCC[SiH2]N. The molecule has 0 atom stereocenters. The van der Waals surface area contributed by atoms with E-state index in [-0.39, 0.29) is 9.68 Å². The minimum Gasteiger partial charge on any atom is -0.382 e. The lowest BCUT2D eigenvalue weighted by molar-refractivity contribution is 0.148. The summed E-state index contributed by atoms with van der Waals surface area (Å²) in [5.74, 6) is 0. The van der Waals surface area contributed by atoms with Crippen LogP contribution in [0.25, 0.3) is 0 Å². The van der Waals surface area contributed by atoms with Crippen LogP contribution in [0.4, 0.5) is 0 Å². The van der Waals surface area contributed by atoms with E-state index in [4.69, 9.17) is 10.1 Å². The van der Waals surface area contributed by atoms with Gasteiger partial charge in [0.2, 0.25) is 0 Å². The highest BCUT2D eigenvalue weighted by Crippen LogP contribution is 1.85. The van der Waals surface area contributed by atoms with Gasteiger partial charge in [-0.05, 0) is 19.4 Å². The Morgan fingerprint density at radius 3 is 2.88 bits per heavy atom. The Labute approximate surface area is 53.3 Å². The highest BCUT2D eigenvalue weighted by molar-refractivity contribution is 6.30. The van der Waals surface area contributed by atoms with Crippen molar-refractivity contribution in [2.24, 2.45) is 5.40 Å². The molecule has 0 aromatic rings. The van der Waals surface area contributed by atoms with Crippen LogP contribution in [0.15, 0.2) is 0 Å². The molecule has 0 spiro atoms. The van der Waals surface area contributed by atoms with Crippen molar-refractivity contribution in [1.29, 1.82) is 0 Å². The second-order valence-electron chi connectivity index (χ2n) is 1.69. The van der Waals surface area contributed by atoms with Crippen molar-refractivity contribution >= 4 is 9.68 Å². The largest absolute Gasteiger partial charge is 0.382 e. The van der Waals surface area contributed by atoms with Gasteiger partial charge < -0.3 is 10.1 Å². The van der Waals surface area contributed by atoms with E-state index in [1.54, 1.807) is 0 Å². The molecule has 0 heterocycles. The zero-order valence-electron chi connectivity index (χ0n) is 5.52. The highest BCUT2D eigenvalue weighted by atomic mass is 28.2. The molecule has 3 heteroatoms. The molecule has 0 aliphatic heterocycles. The third-order valence-electron chi connectivity index (χ3n) is 0.947. The lowest BCUT2D eigenvalue weighted by atomic mass is 10.5. The maximum atomic E-state index is 5.39.